The lowest BCUT2D eigenvalue weighted by Crippen LogP contribution is -2.51. The molecule has 65 heavy (non-hydrogen) atoms. The number of unbranched alkanes of at least 4 members (excludes halogenated alkanes) is 12. The number of aromatic nitrogens is 1. The van der Waals surface area contributed by atoms with Crippen molar-refractivity contribution in [1.29, 1.82) is 0 Å². The van der Waals surface area contributed by atoms with Gasteiger partial charge in [-0.25, -0.2) is 8.78 Å². The normalized spacial score (nSPS) is 15.7. The average Bonchev–Trinajstić information content (AvgIpc) is 3.74. The summed E-state index contributed by atoms with van der Waals surface area (Å²) in [5, 5.41) is 5.29. The lowest BCUT2D eigenvalue weighted by Gasteiger charge is -2.39. The number of rotatable bonds is 29. The Kier molecular flexibility index (Phi) is 20.9. The lowest BCUT2D eigenvalue weighted by atomic mass is 10.0. The number of fused-ring (bicyclic) bond motifs is 1. The van der Waals surface area contributed by atoms with Crippen LogP contribution in [0.1, 0.15) is 150 Å². The molecule has 3 heterocycles. The number of esters is 1. The highest BCUT2D eigenvalue weighted by Crippen LogP contribution is 2.31. The number of Topliss-reactive ketones (excluding diaryl/α,β-unsaturated/α-hetero) is 2. The molecule has 1 unspecified atom stereocenters. The van der Waals surface area contributed by atoms with Gasteiger partial charge in [-0.05, 0) is 93.0 Å². The van der Waals surface area contributed by atoms with Crippen molar-refractivity contribution in [2.45, 2.75) is 135 Å². The van der Waals surface area contributed by atoms with Gasteiger partial charge in [0.2, 0.25) is 0 Å². The number of carbonyl (C=O) groups excluding carboxylic acids is 3. The smallest absolute Gasteiger partial charge is 0.312 e. The third kappa shape index (κ3) is 16.7. The number of ketones is 2. The SMILES string of the molecule is CCCCCCCCCCCCCCCC(CC(=O)Oc1ccc2c(N3CCN(CCCC(=O)c4ccc(F)cc4)CC3)noc2c1)N1CCN(CCCC(=O)c2ccc(F)cc2)CC1. The number of piperazine rings is 2. The fraction of sp³-hybridized carbons (Fsp3) is 0.585. The van der Waals surface area contributed by atoms with Gasteiger partial charge in [0.05, 0.1) is 11.8 Å². The van der Waals surface area contributed by atoms with Crippen LogP contribution in [0.3, 0.4) is 0 Å². The van der Waals surface area contributed by atoms with E-state index in [1.54, 1.807) is 30.3 Å². The van der Waals surface area contributed by atoms with Crippen molar-refractivity contribution in [3.8, 4) is 5.75 Å². The zero-order valence-electron chi connectivity index (χ0n) is 39.0. The van der Waals surface area contributed by atoms with Crippen molar-refractivity contribution in [1.82, 2.24) is 19.9 Å². The van der Waals surface area contributed by atoms with E-state index in [1.807, 2.05) is 12.1 Å². The second kappa shape index (κ2) is 27.2. The molecule has 354 valence electrons. The standard InChI is InChI=1S/C53H73F2N5O5/c1-2-3-4-5-6-7-8-9-10-11-12-13-14-17-46(59-36-32-57(33-37-59)30-15-18-49(61)42-20-24-44(54)25-21-42)40-52(63)64-47-28-29-48-51(41-47)65-56-53(48)60-38-34-58(35-39-60)31-16-19-50(62)43-22-26-45(55)27-23-43/h20-29,41,46H,2-19,30-40H2,1H3. The fourth-order valence-corrected chi connectivity index (χ4v) is 9.40. The molecule has 2 aliphatic heterocycles. The summed E-state index contributed by atoms with van der Waals surface area (Å²) < 4.78 is 38.3. The Labute approximate surface area is 386 Å². The average molecular weight is 898 g/mol. The molecule has 12 heteroatoms. The van der Waals surface area contributed by atoms with E-state index < -0.39 is 0 Å². The van der Waals surface area contributed by atoms with Crippen LogP contribution in [0.2, 0.25) is 0 Å². The van der Waals surface area contributed by atoms with Gasteiger partial charge in [0.1, 0.15) is 17.4 Å². The van der Waals surface area contributed by atoms with E-state index in [0.29, 0.717) is 41.7 Å². The van der Waals surface area contributed by atoms with E-state index in [2.05, 4.69) is 31.7 Å². The van der Waals surface area contributed by atoms with Gasteiger partial charge in [-0.3, -0.25) is 24.2 Å². The molecular weight excluding hydrogens is 825 g/mol. The highest BCUT2D eigenvalue weighted by Gasteiger charge is 2.27. The van der Waals surface area contributed by atoms with Gasteiger partial charge >= 0.3 is 5.97 Å². The number of hydrogen-bond acceptors (Lipinski definition) is 10. The van der Waals surface area contributed by atoms with Crippen LogP contribution in [0.25, 0.3) is 11.0 Å². The Balaban J connectivity index is 0.940. The third-order valence-electron chi connectivity index (χ3n) is 13.4. The minimum atomic E-state index is -0.341. The van der Waals surface area contributed by atoms with Gasteiger partial charge in [0.15, 0.2) is 23.0 Å². The second-order valence-corrected chi connectivity index (χ2v) is 18.3. The summed E-state index contributed by atoms with van der Waals surface area (Å²) in [5.74, 6) is 0.376. The fourth-order valence-electron chi connectivity index (χ4n) is 9.40. The van der Waals surface area contributed by atoms with Gasteiger partial charge in [-0.2, -0.15) is 0 Å². The van der Waals surface area contributed by atoms with Gasteiger partial charge < -0.3 is 19.1 Å². The molecule has 0 bridgehead atoms. The van der Waals surface area contributed by atoms with E-state index >= 15 is 0 Å². The summed E-state index contributed by atoms with van der Waals surface area (Å²) in [6.45, 7) is 10.6. The number of ether oxygens (including phenoxy) is 1. The first-order valence-electron chi connectivity index (χ1n) is 24.9. The largest absolute Gasteiger partial charge is 0.426 e. The predicted octanol–water partition coefficient (Wildman–Crippen LogP) is 11.3. The van der Waals surface area contributed by atoms with Gasteiger partial charge in [0, 0.05) is 88.4 Å². The quantitative estimate of drug-likeness (QED) is 0.0227. The van der Waals surface area contributed by atoms with Crippen molar-refractivity contribution in [2.75, 3.05) is 70.3 Å². The van der Waals surface area contributed by atoms with E-state index in [4.69, 9.17) is 9.26 Å². The van der Waals surface area contributed by atoms with Crippen molar-refractivity contribution >= 4 is 34.3 Å². The molecule has 6 rings (SSSR count). The molecule has 0 saturated carbocycles. The van der Waals surface area contributed by atoms with E-state index in [1.165, 1.54) is 101 Å². The van der Waals surface area contributed by atoms with Crippen LogP contribution < -0.4 is 9.64 Å². The first-order chi connectivity index (χ1) is 31.7. The van der Waals surface area contributed by atoms with Crippen LogP contribution in [0.15, 0.2) is 71.3 Å². The molecule has 2 fully saturated rings. The molecule has 2 aliphatic rings. The highest BCUT2D eigenvalue weighted by molar-refractivity contribution is 5.96. The van der Waals surface area contributed by atoms with E-state index in [-0.39, 0.29) is 35.2 Å². The first kappa shape index (κ1) is 49.9. The predicted molar refractivity (Wildman–Crippen MR) is 255 cm³/mol. The Hall–Kier alpha value is -4.52. The Morgan fingerprint density at radius 2 is 1.11 bits per heavy atom. The monoisotopic (exact) mass is 898 g/mol. The Bertz CT molecular complexity index is 2030. The maximum absolute atomic E-state index is 13.6. The van der Waals surface area contributed by atoms with Crippen LogP contribution in [0, 0.1) is 11.6 Å². The lowest BCUT2D eigenvalue weighted by molar-refractivity contribution is -0.136. The molecule has 2 saturated heterocycles. The second-order valence-electron chi connectivity index (χ2n) is 18.3. The van der Waals surface area contributed by atoms with Crippen molar-refractivity contribution in [3.05, 3.63) is 89.5 Å². The van der Waals surface area contributed by atoms with Crippen LogP contribution in [-0.4, -0.2) is 109 Å². The molecule has 4 aromatic rings. The number of halogens is 2. The molecular formula is C53H73F2N5O5. The molecule has 10 nitrogen and oxygen atoms in total. The number of nitrogens with zero attached hydrogens (tertiary/aromatic N) is 5. The molecule has 0 amide bonds. The Morgan fingerprint density at radius 3 is 1.63 bits per heavy atom. The maximum Gasteiger partial charge on any atom is 0.312 e. The molecule has 0 radical (unpaired) electrons. The molecule has 1 atom stereocenters. The van der Waals surface area contributed by atoms with Crippen LogP contribution in [0.5, 0.6) is 5.75 Å². The molecule has 0 N–H and O–H groups in total. The van der Waals surface area contributed by atoms with Crippen molar-refractivity contribution in [2.24, 2.45) is 0 Å². The zero-order valence-corrected chi connectivity index (χ0v) is 39.0. The van der Waals surface area contributed by atoms with Crippen molar-refractivity contribution < 1.29 is 32.4 Å². The van der Waals surface area contributed by atoms with Crippen LogP contribution in [0.4, 0.5) is 14.6 Å². The summed E-state index contributed by atoms with van der Waals surface area (Å²) in [6, 6.07) is 17.1. The summed E-state index contributed by atoms with van der Waals surface area (Å²) in [4.78, 5) is 48.2. The molecule has 3 aromatic carbocycles. The molecule has 1 aromatic heterocycles. The zero-order chi connectivity index (χ0) is 45.6. The van der Waals surface area contributed by atoms with E-state index in [9.17, 15) is 23.2 Å². The van der Waals surface area contributed by atoms with Crippen LogP contribution in [-0.2, 0) is 4.79 Å². The highest BCUT2D eigenvalue weighted by atomic mass is 19.1. The summed E-state index contributed by atoms with van der Waals surface area (Å²) >= 11 is 0. The Morgan fingerprint density at radius 1 is 0.615 bits per heavy atom. The van der Waals surface area contributed by atoms with Gasteiger partial charge in [0.25, 0.3) is 0 Å². The van der Waals surface area contributed by atoms with Crippen molar-refractivity contribution in [3.63, 3.8) is 0 Å². The summed E-state index contributed by atoms with van der Waals surface area (Å²) in [6.07, 6.45) is 20.5. The minimum absolute atomic E-state index is 0.0337. The van der Waals surface area contributed by atoms with Gasteiger partial charge in [-0.1, -0.05) is 95.6 Å². The number of hydrogen-bond donors (Lipinski definition) is 0. The number of carbonyl (C=O) groups is 3. The maximum atomic E-state index is 13.6. The van der Waals surface area contributed by atoms with Crippen LogP contribution >= 0.6 is 0 Å². The number of anilines is 1. The minimum Gasteiger partial charge on any atom is -0.426 e. The molecule has 0 aliphatic carbocycles. The van der Waals surface area contributed by atoms with Gasteiger partial charge in [-0.15, -0.1) is 0 Å². The summed E-state index contributed by atoms with van der Waals surface area (Å²) in [5.41, 5.74) is 1.68. The van der Waals surface area contributed by atoms with E-state index in [0.717, 1.165) is 102 Å². The molecule has 0 spiro atoms. The third-order valence-corrected chi connectivity index (χ3v) is 13.4. The number of benzene rings is 3. The first-order valence-corrected chi connectivity index (χ1v) is 24.9. The summed E-state index contributed by atoms with van der Waals surface area (Å²) in [7, 11) is 0. The topological polar surface area (TPSA) is 99.4 Å².